The molecule has 1 rings (SSSR count). The molecule has 12 heavy (non-hydrogen) atoms. The summed E-state index contributed by atoms with van der Waals surface area (Å²) < 4.78 is 0. The molecule has 1 aliphatic heterocycles. The summed E-state index contributed by atoms with van der Waals surface area (Å²) in [6.45, 7) is 9.83. The second-order valence-corrected chi connectivity index (χ2v) is 4.94. The summed E-state index contributed by atoms with van der Waals surface area (Å²) in [5, 5.41) is 0. The van der Waals surface area contributed by atoms with Crippen LogP contribution in [0.15, 0.2) is 0 Å². The summed E-state index contributed by atoms with van der Waals surface area (Å²) in [5.74, 6) is 0. The van der Waals surface area contributed by atoms with E-state index in [0.717, 1.165) is 18.6 Å². The van der Waals surface area contributed by atoms with Crippen molar-refractivity contribution in [3.63, 3.8) is 0 Å². The maximum Gasteiger partial charge on any atom is 0.0226 e. The predicted octanol–water partition coefficient (Wildman–Crippen LogP) is 1.60. The standard InChI is InChI=1S/C10H22N2/c1-8-5-6-9(2)12(8)7-10(3,4)11/h8-9H,5-7,11H2,1-4H3/t8-,9-/m1/s1. The van der Waals surface area contributed by atoms with E-state index in [1.165, 1.54) is 12.8 Å². The van der Waals surface area contributed by atoms with Gasteiger partial charge in [-0.1, -0.05) is 0 Å². The maximum absolute atomic E-state index is 6.00. The van der Waals surface area contributed by atoms with E-state index in [1.54, 1.807) is 0 Å². The molecule has 72 valence electrons. The van der Waals surface area contributed by atoms with Gasteiger partial charge in [-0.2, -0.15) is 0 Å². The van der Waals surface area contributed by atoms with Crippen molar-refractivity contribution < 1.29 is 0 Å². The van der Waals surface area contributed by atoms with Gasteiger partial charge in [0.15, 0.2) is 0 Å². The summed E-state index contributed by atoms with van der Waals surface area (Å²) in [6, 6.07) is 1.45. The molecule has 1 aliphatic rings. The normalized spacial score (nSPS) is 32.8. The van der Waals surface area contributed by atoms with Crippen molar-refractivity contribution in [2.75, 3.05) is 6.54 Å². The lowest BCUT2D eigenvalue weighted by Crippen LogP contribution is -2.48. The van der Waals surface area contributed by atoms with Crippen molar-refractivity contribution in [3.8, 4) is 0 Å². The van der Waals surface area contributed by atoms with E-state index in [0.29, 0.717) is 0 Å². The molecule has 0 aromatic rings. The summed E-state index contributed by atoms with van der Waals surface area (Å²) >= 11 is 0. The summed E-state index contributed by atoms with van der Waals surface area (Å²) in [5.41, 5.74) is 5.95. The zero-order valence-electron chi connectivity index (χ0n) is 8.80. The average Bonchev–Trinajstić information content (AvgIpc) is 2.16. The number of hydrogen-bond donors (Lipinski definition) is 1. The molecule has 0 radical (unpaired) electrons. The van der Waals surface area contributed by atoms with Crippen LogP contribution in [-0.2, 0) is 0 Å². The van der Waals surface area contributed by atoms with Gasteiger partial charge in [-0.05, 0) is 40.5 Å². The molecule has 0 amide bonds. The molecule has 0 bridgehead atoms. The molecule has 2 N–H and O–H groups in total. The second kappa shape index (κ2) is 3.35. The zero-order valence-corrected chi connectivity index (χ0v) is 8.80. The van der Waals surface area contributed by atoms with Crippen LogP contribution in [0.2, 0.25) is 0 Å². The van der Waals surface area contributed by atoms with E-state index in [9.17, 15) is 0 Å². The highest BCUT2D eigenvalue weighted by Crippen LogP contribution is 2.24. The van der Waals surface area contributed by atoms with Crippen LogP contribution in [-0.4, -0.2) is 29.1 Å². The van der Waals surface area contributed by atoms with E-state index in [2.05, 4.69) is 32.6 Å². The minimum atomic E-state index is -0.0488. The Morgan fingerprint density at radius 3 is 2.00 bits per heavy atom. The molecule has 1 saturated heterocycles. The fraction of sp³-hybridized carbons (Fsp3) is 1.00. The van der Waals surface area contributed by atoms with Crippen LogP contribution >= 0.6 is 0 Å². The molecule has 0 spiro atoms. The van der Waals surface area contributed by atoms with Crippen LogP contribution in [0.4, 0.5) is 0 Å². The Morgan fingerprint density at radius 2 is 1.67 bits per heavy atom. The molecule has 2 atom stereocenters. The van der Waals surface area contributed by atoms with Gasteiger partial charge in [-0.3, -0.25) is 4.90 Å². The monoisotopic (exact) mass is 170 g/mol. The third-order valence-electron chi connectivity index (χ3n) is 2.72. The Morgan fingerprint density at radius 1 is 1.25 bits per heavy atom. The van der Waals surface area contributed by atoms with Crippen molar-refractivity contribution >= 4 is 0 Å². The first-order valence-corrected chi connectivity index (χ1v) is 4.95. The van der Waals surface area contributed by atoms with Gasteiger partial charge in [-0.25, -0.2) is 0 Å². The van der Waals surface area contributed by atoms with E-state index >= 15 is 0 Å². The Bertz CT molecular complexity index is 138. The minimum absolute atomic E-state index is 0.0488. The fourth-order valence-electron chi connectivity index (χ4n) is 2.03. The lowest BCUT2D eigenvalue weighted by atomic mass is 10.1. The fourth-order valence-corrected chi connectivity index (χ4v) is 2.03. The van der Waals surface area contributed by atoms with E-state index < -0.39 is 0 Å². The van der Waals surface area contributed by atoms with Crippen molar-refractivity contribution in [1.29, 1.82) is 0 Å². The highest BCUT2D eigenvalue weighted by molar-refractivity contribution is 4.87. The van der Waals surface area contributed by atoms with Gasteiger partial charge < -0.3 is 5.73 Å². The smallest absolute Gasteiger partial charge is 0.0226 e. The molecular formula is C10H22N2. The molecule has 0 aromatic carbocycles. The molecule has 2 heteroatoms. The van der Waals surface area contributed by atoms with Crippen molar-refractivity contribution in [2.45, 2.75) is 58.2 Å². The number of rotatable bonds is 2. The third kappa shape index (κ3) is 2.46. The number of likely N-dealkylation sites (tertiary alicyclic amines) is 1. The van der Waals surface area contributed by atoms with Gasteiger partial charge in [-0.15, -0.1) is 0 Å². The summed E-state index contributed by atoms with van der Waals surface area (Å²) in [6.07, 6.45) is 2.66. The Hall–Kier alpha value is -0.0800. The number of nitrogens with zero attached hydrogens (tertiary/aromatic N) is 1. The van der Waals surface area contributed by atoms with Crippen LogP contribution in [0.5, 0.6) is 0 Å². The SMILES string of the molecule is C[C@@H]1CC[C@@H](C)N1CC(C)(C)N. The molecule has 2 nitrogen and oxygen atoms in total. The highest BCUT2D eigenvalue weighted by atomic mass is 15.2. The van der Waals surface area contributed by atoms with Gasteiger partial charge >= 0.3 is 0 Å². The minimum Gasteiger partial charge on any atom is -0.324 e. The van der Waals surface area contributed by atoms with Crippen LogP contribution < -0.4 is 5.73 Å². The van der Waals surface area contributed by atoms with Gasteiger partial charge in [0.2, 0.25) is 0 Å². The molecular weight excluding hydrogens is 148 g/mol. The van der Waals surface area contributed by atoms with E-state index in [-0.39, 0.29) is 5.54 Å². The maximum atomic E-state index is 6.00. The van der Waals surface area contributed by atoms with Crippen molar-refractivity contribution in [3.05, 3.63) is 0 Å². The van der Waals surface area contributed by atoms with Gasteiger partial charge in [0.05, 0.1) is 0 Å². The molecule has 1 heterocycles. The first-order valence-electron chi connectivity index (χ1n) is 4.95. The average molecular weight is 170 g/mol. The van der Waals surface area contributed by atoms with Crippen LogP contribution in [0, 0.1) is 0 Å². The Kier molecular flexibility index (Phi) is 2.79. The largest absolute Gasteiger partial charge is 0.324 e. The Balaban J connectivity index is 2.50. The van der Waals surface area contributed by atoms with Crippen molar-refractivity contribution in [2.24, 2.45) is 5.73 Å². The number of nitrogens with two attached hydrogens (primary N) is 1. The molecule has 0 aliphatic carbocycles. The van der Waals surface area contributed by atoms with Crippen molar-refractivity contribution in [1.82, 2.24) is 4.90 Å². The summed E-state index contributed by atoms with van der Waals surface area (Å²) in [4.78, 5) is 2.53. The molecule has 1 fully saturated rings. The third-order valence-corrected chi connectivity index (χ3v) is 2.72. The van der Waals surface area contributed by atoms with Gasteiger partial charge in [0.25, 0.3) is 0 Å². The first kappa shape index (κ1) is 10.0. The molecule has 0 aromatic heterocycles. The second-order valence-electron chi connectivity index (χ2n) is 4.94. The predicted molar refractivity (Wildman–Crippen MR) is 53.1 cm³/mol. The van der Waals surface area contributed by atoms with Crippen LogP contribution in [0.25, 0.3) is 0 Å². The zero-order chi connectivity index (χ0) is 9.35. The quantitative estimate of drug-likeness (QED) is 0.682. The molecule has 0 unspecified atom stereocenters. The topological polar surface area (TPSA) is 29.3 Å². The van der Waals surface area contributed by atoms with Gasteiger partial charge in [0.1, 0.15) is 0 Å². The lowest BCUT2D eigenvalue weighted by molar-refractivity contribution is 0.176. The lowest BCUT2D eigenvalue weighted by Gasteiger charge is -2.32. The van der Waals surface area contributed by atoms with E-state index in [1.807, 2.05) is 0 Å². The molecule has 0 saturated carbocycles. The highest BCUT2D eigenvalue weighted by Gasteiger charge is 2.30. The first-order chi connectivity index (χ1) is 5.40. The number of hydrogen-bond acceptors (Lipinski definition) is 2. The van der Waals surface area contributed by atoms with Gasteiger partial charge in [0, 0.05) is 24.2 Å². The Labute approximate surface area is 76.1 Å². The van der Waals surface area contributed by atoms with Crippen LogP contribution in [0.1, 0.15) is 40.5 Å². The van der Waals surface area contributed by atoms with E-state index in [4.69, 9.17) is 5.73 Å². The van der Waals surface area contributed by atoms with Crippen LogP contribution in [0.3, 0.4) is 0 Å². The summed E-state index contributed by atoms with van der Waals surface area (Å²) in [7, 11) is 0.